The summed E-state index contributed by atoms with van der Waals surface area (Å²) < 4.78 is 5.32. The van der Waals surface area contributed by atoms with E-state index in [0.717, 1.165) is 36.9 Å². The Morgan fingerprint density at radius 1 is 1.10 bits per heavy atom. The lowest BCUT2D eigenvalue weighted by Crippen LogP contribution is -2.49. The Morgan fingerprint density at radius 2 is 1.90 bits per heavy atom. The molecule has 0 saturated heterocycles. The fourth-order valence-corrected chi connectivity index (χ4v) is 3.76. The van der Waals surface area contributed by atoms with Crippen molar-refractivity contribution in [1.29, 1.82) is 0 Å². The molecule has 3 aromatic rings. The number of methoxy groups -OCH3 is 1. The second-order valence-corrected chi connectivity index (χ2v) is 7.58. The molecule has 1 aliphatic rings. The minimum absolute atomic E-state index is 0.0315. The number of nitrogens with zero attached hydrogens (tertiary/aromatic N) is 3. The zero-order valence-electron chi connectivity index (χ0n) is 17.4. The van der Waals surface area contributed by atoms with Crippen LogP contribution in [0.15, 0.2) is 55.0 Å². The Bertz CT molecular complexity index is 1040. The summed E-state index contributed by atoms with van der Waals surface area (Å²) >= 11 is 0. The number of hydrogen-bond acceptors (Lipinski definition) is 7. The van der Waals surface area contributed by atoms with Gasteiger partial charge < -0.3 is 21.1 Å². The number of anilines is 2. The lowest BCUT2D eigenvalue weighted by Gasteiger charge is -2.29. The first kappa shape index (κ1) is 20.7. The summed E-state index contributed by atoms with van der Waals surface area (Å²) in [6.07, 6.45) is 7.28. The van der Waals surface area contributed by atoms with E-state index >= 15 is 0 Å². The summed E-state index contributed by atoms with van der Waals surface area (Å²) in [7, 11) is 1.58. The van der Waals surface area contributed by atoms with Crippen LogP contribution in [0.2, 0.25) is 0 Å². The zero-order valence-corrected chi connectivity index (χ0v) is 17.4. The molecule has 8 nitrogen and oxygen atoms in total. The monoisotopic (exact) mass is 418 g/mol. The Hall–Kier alpha value is -3.52. The van der Waals surface area contributed by atoms with E-state index < -0.39 is 0 Å². The van der Waals surface area contributed by atoms with Crippen LogP contribution in [0.5, 0.6) is 5.88 Å². The van der Waals surface area contributed by atoms with Gasteiger partial charge in [0.1, 0.15) is 12.1 Å². The number of nitrogens with two attached hydrogens (primary N) is 1. The predicted molar refractivity (Wildman–Crippen MR) is 119 cm³/mol. The van der Waals surface area contributed by atoms with Crippen LogP contribution in [0.4, 0.5) is 11.5 Å². The molecule has 1 aromatic carbocycles. The summed E-state index contributed by atoms with van der Waals surface area (Å²) in [5.41, 5.74) is 9.03. The summed E-state index contributed by atoms with van der Waals surface area (Å²) in [4.78, 5) is 25.4. The maximum Gasteiger partial charge on any atom is 0.251 e. The Kier molecular flexibility index (Phi) is 6.37. The molecule has 160 valence electrons. The third-order valence-corrected chi connectivity index (χ3v) is 5.46. The molecule has 2 heterocycles. The molecule has 31 heavy (non-hydrogen) atoms. The number of ether oxygens (including phenoxy) is 1. The van der Waals surface area contributed by atoms with Gasteiger partial charge in [-0.2, -0.15) is 0 Å². The van der Waals surface area contributed by atoms with Crippen molar-refractivity contribution in [2.45, 2.75) is 37.8 Å². The van der Waals surface area contributed by atoms with E-state index in [0.29, 0.717) is 23.0 Å². The number of benzene rings is 1. The lowest BCUT2D eigenvalue weighted by atomic mass is 9.91. The van der Waals surface area contributed by atoms with Crippen molar-refractivity contribution in [3.8, 4) is 17.1 Å². The second-order valence-electron chi connectivity index (χ2n) is 7.58. The van der Waals surface area contributed by atoms with Crippen LogP contribution in [0.1, 0.15) is 36.0 Å². The first-order valence-electron chi connectivity index (χ1n) is 10.4. The van der Waals surface area contributed by atoms with Gasteiger partial charge in [0.05, 0.1) is 18.4 Å². The largest absolute Gasteiger partial charge is 0.481 e. The van der Waals surface area contributed by atoms with Crippen LogP contribution in [-0.2, 0) is 0 Å². The molecule has 0 spiro atoms. The molecule has 2 aromatic heterocycles. The number of carbonyl (C=O) groups excluding carboxylic acids is 1. The van der Waals surface area contributed by atoms with E-state index in [9.17, 15) is 4.79 Å². The van der Waals surface area contributed by atoms with Crippen molar-refractivity contribution >= 4 is 17.4 Å². The van der Waals surface area contributed by atoms with Crippen molar-refractivity contribution in [3.63, 3.8) is 0 Å². The van der Waals surface area contributed by atoms with Gasteiger partial charge in [0.2, 0.25) is 5.88 Å². The number of hydrogen-bond donors (Lipinski definition) is 3. The Labute approximate surface area is 181 Å². The number of aromatic nitrogens is 3. The van der Waals surface area contributed by atoms with Crippen molar-refractivity contribution in [2.75, 3.05) is 12.4 Å². The van der Waals surface area contributed by atoms with Gasteiger partial charge in [0.15, 0.2) is 0 Å². The average Bonchev–Trinajstić information content (AvgIpc) is 2.81. The van der Waals surface area contributed by atoms with Crippen LogP contribution < -0.4 is 21.1 Å². The molecule has 4 N–H and O–H groups in total. The van der Waals surface area contributed by atoms with Crippen LogP contribution in [-0.4, -0.2) is 40.1 Å². The van der Waals surface area contributed by atoms with Gasteiger partial charge >= 0.3 is 0 Å². The molecule has 0 aliphatic heterocycles. The van der Waals surface area contributed by atoms with Gasteiger partial charge in [-0.05, 0) is 49.2 Å². The SMILES string of the molecule is COc1ncccc1-c1cc(Nc2ccc(C(=O)NC3CCCCC3N)cc2)ncn1. The highest BCUT2D eigenvalue weighted by Crippen LogP contribution is 2.27. The fraction of sp³-hybridized carbons (Fsp3) is 0.304. The molecule has 2 atom stereocenters. The molecule has 1 fully saturated rings. The molecule has 1 aliphatic carbocycles. The third kappa shape index (κ3) is 4.97. The van der Waals surface area contributed by atoms with E-state index in [1.54, 1.807) is 25.4 Å². The van der Waals surface area contributed by atoms with E-state index in [2.05, 4.69) is 25.6 Å². The van der Waals surface area contributed by atoms with Gasteiger partial charge in [0.25, 0.3) is 5.91 Å². The quantitative estimate of drug-likeness (QED) is 0.563. The predicted octanol–water partition coefficient (Wildman–Crippen LogP) is 3.29. The highest BCUT2D eigenvalue weighted by molar-refractivity contribution is 5.94. The second kappa shape index (κ2) is 9.53. The van der Waals surface area contributed by atoms with Gasteiger partial charge in [0, 0.05) is 35.6 Å². The Morgan fingerprint density at radius 3 is 2.68 bits per heavy atom. The fourth-order valence-electron chi connectivity index (χ4n) is 3.76. The molecule has 4 rings (SSSR count). The number of amides is 1. The molecule has 0 radical (unpaired) electrons. The summed E-state index contributed by atoms with van der Waals surface area (Å²) in [5.74, 6) is 1.03. The minimum atomic E-state index is -0.0955. The minimum Gasteiger partial charge on any atom is -0.481 e. The molecule has 1 amide bonds. The first-order valence-corrected chi connectivity index (χ1v) is 10.4. The van der Waals surface area contributed by atoms with Crippen molar-refractivity contribution in [3.05, 3.63) is 60.6 Å². The van der Waals surface area contributed by atoms with Gasteiger partial charge in [-0.3, -0.25) is 4.79 Å². The maximum absolute atomic E-state index is 12.6. The summed E-state index contributed by atoms with van der Waals surface area (Å²) in [5, 5.41) is 6.31. The van der Waals surface area contributed by atoms with Crippen LogP contribution in [0.3, 0.4) is 0 Å². The third-order valence-electron chi connectivity index (χ3n) is 5.46. The van der Waals surface area contributed by atoms with Gasteiger partial charge in [-0.25, -0.2) is 15.0 Å². The standard InChI is InChI=1S/C23H26N6O2/c1-31-23-17(5-4-12-25-23)20-13-21(27-14-26-20)28-16-10-8-15(9-11-16)22(30)29-19-7-3-2-6-18(19)24/h4-5,8-14,18-19H,2-3,6-7,24H2,1H3,(H,29,30)(H,26,27,28). The van der Waals surface area contributed by atoms with E-state index in [1.165, 1.54) is 6.33 Å². The highest BCUT2D eigenvalue weighted by atomic mass is 16.5. The summed E-state index contributed by atoms with van der Waals surface area (Å²) in [6, 6.07) is 12.9. The maximum atomic E-state index is 12.6. The molecule has 1 saturated carbocycles. The van der Waals surface area contributed by atoms with Crippen molar-refractivity contribution in [2.24, 2.45) is 5.73 Å². The van der Waals surface area contributed by atoms with E-state index in [-0.39, 0.29) is 18.0 Å². The van der Waals surface area contributed by atoms with Crippen LogP contribution >= 0.6 is 0 Å². The number of nitrogens with one attached hydrogen (secondary N) is 2. The summed E-state index contributed by atoms with van der Waals surface area (Å²) in [6.45, 7) is 0. The lowest BCUT2D eigenvalue weighted by molar-refractivity contribution is 0.0921. The Balaban J connectivity index is 1.44. The highest BCUT2D eigenvalue weighted by Gasteiger charge is 2.23. The molecular weight excluding hydrogens is 392 g/mol. The first-order chi connectivity index (χ1) is 15.1. The topological polar surface area (TPSA) is 115 Å². The molecule has 2 unspecified atom stereocenters. The molecule has 8 heteroatoms. The van der Waals surface area contributed by atoms with Crippen LogP contribution in [0.25, 0.3) is 11.3 Å². The van der Waals surface area contributed by atoms with E-state index in [4.69, 9.17) is 10.5 Å². The zero-order chi connectivity index (χ0) is 21.6. The normalized spacial score (nSPS) is 18.3. The number of carbonyl (C=O) groups is 1. The molecule has 0 bridgehead atoms. The van der Waals surface area contributed by atoms with Gasteiger partial charge in [-0.1, -0.05) is 12.8 Å². The smallest absolute Gasteiger partial charge is 0.251 e. The average molecular weight is 419 g/mol. The van der Waals surface area contributed by atoms with Crippen molar-refractivity contribution < 1.29 is 9.53 Å². The number of rotatable bonds is 6. The molecular formula is C23H26N6O2. The number of pyridine rings is 1. The van der Waals surface area contributed by atoms with E-state index in [1.807, 2.05) is 30.3 Å². The van der Waals surface area contributed by atoms with Gasteiger partial charge in [-0.15, -0.1) is 0 Å². The van der Waals surface area contributed by atoms with Crippen LogP contribution in [0, 0.1) is 0 Å². The van der Waals surface area contributed by atoms with Crippen molar-refractivity contribution in [1.82, 2.24) is 20.3 Å².